The molecule has 2 aromatic rings. The fourth-order valence-electron chi connectivity index (χ4n) is 1.59. The predicted octanol–water partition coefficient (Wildman–Crippen LogP) is 4.25. The van der Waals surface area contributed by atoms with Gasteiger partial charge in [-0.25, -0.2) is 0 Å². The highest BCUT2D eigenvalue weighted by Crippen LogP contribution is 2.20. The molecule has 0 saturated carbocycles. The van der Waals surface area contributed by atoms with E-state index < -0.39 is 0 Å². The van der Waals surface area contributed by atoms with Crippen LogP contribution in [-0.4, -0.2) is 13.2 Å². The van der Waals surface area contributed by atoms with Crippen LogP contribution in [0.2, 0.25) is 0 Å². The molecule has 2 rings (SSSR count). The van der Waals surface area contributed by atoms with Crippen LogP contribution < -0.4 is 10.1 Å². The van der Waals surface area contributed by atoms with Crippen molar-refractivity contribution in [2.24, 2.45) is 0 Å². The molecule has 0 bridgehead atoms. The zero-order valence-corrected chi connectivity index (χ0v) is 11.9. The standard InChI is InChI=1S/C15H16BrNO/c1-12-6-8-13(9-7-12)18-11-10-17-15-5-3-2-4-14(15)16/h2-9,17H,10-11H2,1H3. The number of benzene rings is 2. The smallest absolute Gasteiger partial charge is 0.119 e. The fourth-order valence-corrected chi connectivity index (χ4v) is 2.02. The van der Waals surface area contributed by atoms with E-state index in [0.29, 0.717) is 6.61 Å². The monoisotopic (exact) mass is 305 g/mol. The van der Waals surface area contributed by atoms with Crippen molar-refractivity contribution in [2.45, 2.75) is 6.92 Å². The van der Waals surface area contributed by atoms with Crippen molar-refractivity contribution in [3.05, 3.63) is 58.6 Å². The molecule has 0 unspecified atom stereocenters. The molecule has 2 nitrogen and oxygen atoms in total. The second-order valence-electron chi connectivity index (χ2n) is 4.07. The molecular weight excluding hydrogens is 290 g/mol. The molecule has 0 aliphatic rings. The minimum Gasteiger partial charge on any atom is -0.492 e. The summed E-state index contributed by atoms with van der Waals surface area (Å²) in [6, 6.07) is 16.2. The van der Waals surface area contributed by atoms with Crippen LogP contribution in [0, 0.1) is 6.92 Å². The summed E-state index contributed by atoms with van der Waals surface area (Å²) in [6.07, 6.45) is 0. The van der Waals surface area contributed by atoms with E-state index in [1.165, 1.54) is 5.56 Å². The van der Waals surface area contributed by atoms with Gasteiger partial charge in [-0.3, -0.25) is 0 Å². The number of para-hydroxylation sites is 1. The Kier molecular flexibility index (Phi) is 4.65. The summed E-state index contributed by atoms with van der Waals surface area (Å²) < 4.78 is 6.71. The number of hydrogen-bond acceptors (Lipinski definition) is 2. The quantitative estimate of drug-likeness (QED) is 0.834. The van der Waals surface area contributed by atoms with Crippen molar-refractivity contribution < 1.29 is 4.74 Å². The van der Waals surface area contributed by atoms with Crippen molar-refractivity contribution in [3.63, 3.8) is 0 Å². The van der Waals surface area contributed by atoms with E-state index >= 15 is 0 Å². The summed E-state index contributed by atoms with van der Waals surface area (Å²) in [5.74, 6) is 0.912. The Balaban J connectivity index is 1.76. The van der Waals surface area contributed by atoms with Gasteiger partial charge in [-0.2, -0.15) is 0 Å². The maximum absolute atomic E-state index is 5.64. The van der Waals surface area contributed by atoms with Crippen molar-refractivity contribution in [1.29, 1.82) is 0 Å². The van der Waals surface area contributed by atoms with Gasteiger partial charge in [0.2, 0.25) is 0 Å². The molecule has 0 saturated heterocycles. The van der Waals surface area contributed by atoms with Gasteiger partial charge < -0.3 is 10.1 Å². The second-order valence-corrected chi connectivity index (χ2v) is 4.92. The number of anilines is 1. The van der Waals surface area contributed by atoms with Crippen molar-refractivity contribution in [2.75, 3.05) is 18.5 Å². The van der Waals surface area contributed by atoms with Crippen LogP contribution in [0.5, 0.6) is 5.75 Å². The van der Waals surface area contributed by atoms with Crippen LogP contribution >= 0.6 is 15.9 Å². The molecule has 3 heteroatoms. The molecule has 0 amide bonds. The molecule has 0 aliphatic carbocycles. The van der Waals surface area contributed by atoms with Crippen LogP contribution in [0.1, 0.15) is 5.56 Å². The topological polar surface area (TPSA) is 21.3 Å². The van der Waals surface area contributed by atoms with Gasteiger partial charge in [0.15, 0.2) is 0 Å². The van der Waals surface area contributed by atoms with E-state index in [-0.39, 0.29) is 0 Å². The van der Waals surface area contributed by atoms with Gasteiger partial charge in [-0.15, -0.1) is 0 Å². The maximum Gasteiger partial charge on any atom is 0.119 e. The summed E-state index contributed by atoms with van der Waals surface area (Å²) in [5.41, 5.74) is 2.33. The molecule has 0 aromatic heterocycles. The van der Waals surface area contributed by atoms with Crippen molar-refractivity contribution in [3.8, 4) is 5.75 Å². The molecular formula is C15H16BrNO. The van der Waals surface area contributed by atoms with Crippen molar-refractivity contribution >= 4 is 21.6 Å². The molecule has 0 radical (unpaired) electrons. The summed E-state index contributed by atoms with van der Waals surface area (Å²) in [6.45, 7) is 3.49. The number of halogens is 1. The molecule has 0 aliphatic heterocycles. The Morgan fingerprint density at radius 2 is 1.78 bits per heavy atom. The van der Waals surface area contributed by atoms with E-state index in [9.17, 15) is 0 Å². The highest BCUT2D eigenvalue weighted by molar-refractivity contribution is 9.10. The van der Waals surface area contributed by atoms with Gasteiger partial charge in [0.05, 0.1) is 0 Å². The molecule has 2 aromatic carbocycles. The molecule has 0 fully saturated rings. The highest BCUT2D eigenvalue weighted by Gasteiger charge is 1.97. The summed E-state index contributed by atoms with van der Waals surface area (Å²) in [5, 5.41) is 3.32. The Labute approximate surface area is 116 Å². The molecule has 94 valence electrons. The molecule has 0 atom stereocenters. The van der Waals surface area contributed by atoms with Gasteiger partial charge in [-0.1, -0.05) is 29.8 Å². The SMILES string of the molecule is Cc1ccc(OCCNc2ccccc2Br)cc1. The molecule has 0 spiro atoms. The zero-order chi connectivity index (χ0) is 12.8. The zero-order valence-electron chi connectivity index (χ0n) is 10.3. The lowest BCUT2D eigenvalue weighted by atomic mass is 10.2. The number of hydrogen-bond donors (Lipinski definition) is 1. The Bertz CT molecular complexity index is 496. The van der Waals surface area contributed by atoms with Gasteiger partial charge in [0, 0.05) is 16.7 Å². The van der Waals surface area contributed by atoms with Crippen molar-refractivity contribution in [1.82, 2.24) is 0 Å². The fraction of sp³-hybridized carbons (Fsp3) is 0.200. The third-order valence-corrected chi connectivity index (χ3v) is 3.27. The third-order valence-electron chi connectivity index (χ3n) is 2.58. The Morgan fingerprint density at radius 3 is 2.50 bits per heavy atom. The van der Waals surface area contributed by atoms with Gasteiger partial charge in [0.25, 0.3) is 0 Å². The number of ether oxygens (including phenoxy) is 1. The number of rotatable bonds is 5. The van der Waals surface area contributed by atoms with Crippen LogP contribution in [0.3, 0.4) is 0 Å². The number of nitrogens with one attached hydrogen (secondary N) is 1. The Hall–Kier alpha value is -1.48. The average molecular weight is 306 g/mol. The minimum absolute atomic E-state index is 0.643. The number of aryl methyl sites for hydroxylation is 1. The van der Waals surface area contributed by atoms with Gasteiger partial charge in [-0.05, 0) is 47.1 Å². The van der Waals surface area contributed by atoms with E-state index in [4.69, 9.17) is 4.74 Å². The van der Waals surface area contributed by atoms with E-state index in [1.807, 2.05) is 36.4 Å². The lowest BCUT2D eigenvalue weighted by Crippen LogP contribution is -2.11. The first-order valence-corrected chi connectivity index (χ1v) is 6.73. The van der Waals surface area contributed by atoms with Crippen LogP contribution in [0.15, 0.2) is 53.0 Å². The lowest BCUT2D eigenvalue weighted by molar-refractivity contribution is 0.333. The summed E-state index contributed by atoms with van der Waals surface area (Å²) in [4.78, 5) is 0. The first-order chi connectivity index (χ1) is 8.75. The maximum atomic E-state index is 5.64. The van der Waals surface area contributed by atoms with E-state index in [2.05, 4.69) is 40.3 Å². The van der Waals surface area contributed by atoms with Crippen LogP contribution in [-0.2, 0) is 0 Å². The molecule has 18 heavy (non-hydrogen) atoms. The first kappa shape index (κ1) is 13.0. The third kappa shape index (κ3) is 3.77. The molecule has 0 heterocycles. The van der Waals surface area contributed by atoms with Crippen LogP contribution in [0.4, 0.5) is 5.69 Å². The normalized spacial score (nSPS) is 10.1. The lowest BCUT2D eigenvalue weighted by Gasteiger charge is -2.10. The first-order valence-electron chi connectivity index (χ1n) is 5.93. The second kappa shape index (κ2) is 6.45. The summed E-state index contributed by atoms with van der Waals surface area (Å²) in [7, 11) is 0. The average Bonchev–Trinajstić information content (AvgIpc) is 2.39. The van der Waals surface area contributed by atoms with E-state index in [1.54, 1.807) is 0 Å². The Morgan fingerprint density at radius 1 is 1.06 bits per heavy atom. The largest absolute Gasteiger partial charge is 0.492 e. The van der Waals surface area contributed by atoms with Crippen LogP contribution in [0.25, 0.3) is 0 Å². The highest BCUT2D eigenvalue weighted by atomic mass is 79.9. The van der Waals surface area contributed by atoms with E-state index in [0.717, 1.165) is 22.5 Å². The summed E-state index contributed by atoms with van der Waals surface area (Å²) >= 11 is 3.50. The minimum atomic E-state index is 0.643. The predicted molar refractivity (Wildman–Crippen MR) is 79.3 cm³/mol. The van der Waals surface area contributed by atoms with Gasteiger partial charge >= 0.3 is 0 Å². The van der Waals surface area contributed by atoms with Gasteiger partial charge in [0.1, 0.15) is 12.4 Å². The molecule has 1 N–H and O–H groups in total.